The minimum absolute atomic E-state index is 0.0693. The molecule has 0 unspecified atom stereocenters. The normalized spacial score (nSPS) is 10.5. The van der Waals surface area contributed by atoms with E-state index in [-0.39, 0.29) is 5.91 Å². The molecule has 14 heavy (non-hydrogen) atoms. The number of rotatable bonds is 2. The van der Waals surface area contributed by atoms with Crippen LogP contribution in [0.15, 0.2) is 23.2 Å². The summed E-state index contributed by atoms with van der Waals surface area (Å²) in [4.78, 5) is 15.5. The molecule has 0 saturated heterocycles. The molecular formula is C11H14N2O. The van der Waals surface area contributed by atoms with Gasteiger partial charge in [-0.25, -0.2) is 0 Å². The van der Waals surface area contributed by atoms with Crippen molar-refractivity contribution in [1.82, 2.24) is 5.32 Å². The van der Waals surface area contributed by atoms with E-state index in [2.05, 4.69) is 10.3 Å². The van der Waals surface area contributed by atoms with E-state index in [0.717, 1.165) is 11.3 Å². The molecule has 0 spiro atoms. The van der Waals surface area contributed by atoms with Gasteiger partial charge in [0.2, 0.25) is 0 Å². The van der Waals surface area contributed by atoms with Crippen molar-refractivity contribution in [1.29, 1.82) is 0 Å². The van der Waals surface area contributed by atoms with Crippen LogP contribution in [0.1, 0.15) is 22.8 Å². The minimum atomic E-state index is -0.0693. The summed E-state index contributed by atoms with van der Waals surface area (Å²) in [5.41, 5.74) is 2.57. The maximum absolute atomic E-state index is 11.3. The number of nitrogens with one attached hydrogen (secondary N) is 1. The van der Waals surface area contributed by atoms with Crippen molar-refractivity contribution >= 4 is 17.8 Å². The van der Waals surface area contributed by atoms with Crippen molar-refractivity contribution < 1.29 is 4.79 Å². The monoisotopic (exact) mass is 190 g/mol. The Balaban J connectivity index is 3.06. The van der Waals surface area contributed by atoms with E-state index < -0.39 is 0 Å². The average molecular weight is 190 g/mol. The first-order chi connectivity index (χ1) is 6.69. The number of aliphatic imine (C=N–C) groups is 1. The summed E-state index contributed by atoms with van der Waals surface area (Å²) < 4.78 is 0. The number of carbonyl (C=O) groups excluding carboxylic acids is 1. The van der Waals surface area contributed by atoms with E-state index in [1.165, 1.54) is 0 Å². The van der Waals surface area contributed by atoms with Crippen LogP contribution in [0.4, 0.5) is 5.69 Å². The topological polar surface area (TPSA) is 41.5 Å². The quantitative estimate of drug-likeness (QED) is 0.713. The molecule has 1 aromatic carbocycles. The van der Waals surface area contributed by atoms with E-state index >= 15 is 0 Å². The van der Waals surface area contributed by atoms with Crippen LogP contribution in [0, 0.1) is 6.92 Å². The maximum atomic E-state index is 11.3. The molecule has 0 bridgehead atoms. The number of nitrogens with zero attached hydrogens (tertiary/aromatic N) is 1. The van der Waals surface area contributed by atoms with Gasteiger partial charge in [0.1, 0.15) is 0 Å². The van der Waals surface area contributed by atoms with Gasteiger partial charge in [-0.05, 0) is 37.6 Å². The van der Waals surface area contributed by atoms with Crippen LogP contribution in [0.25, 0.3) is 0 Å². The number of carbonyl (C=O) groups is 1. The van der Waals surface area contributed by atoms with Crippen molar-refractivity contribution in [3.63, 3.8) is 0 Å². The summed E-state index contributed by atoms with van der Waals surface area (Å²) >= 11 is 0. The first kappa shape index (κ1) is 10.4. The van der Waals surface area contributed by atoms with Crippen molar-refractivity contribution in [2.75, 3.05) is 7.05 Å². The Kier molecular flexibility index (Phi) is 3.40. The molecular weight excluding hydrogens is 176 g/mol. The number of hydrogen-bond acceptors (Lipinski definition) is 2. The molecule has 3 nitrogen and oxygen atoms in total. The third-order valence-corrected chi connectivity index (χ3v) is 1.95. The van der Waals surface area contributed by atoms with Crippen molar-refractivity contribution in [2.45, 2.75) is 13.8 Å². The summed E-state index contributed by atoms with van der Waals surface area (Å²) in [5.74, 6) is -0.0693. The third kappa shape index (κ3) is 2.19. The maximum Gasteiger partial charge on any atom is 0.251 e. The Morgan fingerprint density at radius 2 is 2.21 bits per heavy atom. The Bertz CT molecular complexity index is 370. The minimum Gasteiger partial charge on any atom is -0.355 e. The van der Waals surface area contributed by atoms with Gasteiger partial charge in [-0.15, -0.1) is 0 Å². The van der Waals surface area contributed by atoms with Crippen molar-refractivity contribution in [3.8, 4) is 0 Å². The molecule has 1 amide bonds. The second kappa shape index (κ2) is 4.56. The van der Waals surface area contributed by atoms with E-state index in [1.807, 2.05) is 26.0 Å². The van der Waals surface area contributed by atoms with E-state index in [0.29, 0.717) is 5.56 Å². The zero-order valence-electron chi connectivity index (χ0n) is 8.66. The average Bonchev–Trinajstić information content (AvgIpc) is 2.20. The van der Waals surface area contributed by atoms with Crippen LogP contribution < -0.4 is 5.32 Å². The fourth-order valence-electron chi connectivity index (χ4n) is 1.22. The van der Waals surface area contributed by atoms with Crippen molar-refractivity contribution in [2.24, 2.45) is 4.99 Å². The molecule has 0 aliphatic rings. The van der Waals surface area contributed by atoms with Gasteiger partial charge in [0.25, 0.3) is 5.91 Å². The van der Waals surface area contributed by atoms with Gasteiger partial charge < -0.3 is 5.32 Å². The molecule has 1 rings (SSSR count). The fraction of sp³-hybridized carbons (Fsp3) is 0.273. The highest BCUT2D eigenvalue weighted by Gasteiger charge is 2.04. The Labute approximate surface area is 83.9 Å². The summed E-state index contributed by atoms with van der Waals surface area (Å²) in [6.07, 6.45) is 1.74. The van der Waals surface area contributed by atoms with E-state index in [4.69, 9.17) is 0 Å². The summed E-state index contributed by atoms with van der Waals surface area (Å²) in [6.45, 7) is 3.81. The van der Waals surface area contributed by atoms with Gasteiger partial charge in [-0.2, -0.15) is 0 Å². The van der Waals surface area contributed by atoms with Crippen LogP contribution in [-0.2, 0) is 0 Å². The van der Waals surface area contributed by atoms with Crippen LogP contribution in [0.5, 0.6) is 0 Å². The van der Waals surface area contributed by atoms with Gasteiger partial charge >= 0.3 is 0 Å². The lowest BCUT2D eigenvalue weighted by molar-refractivity contribution is 0.0963. The van der Waals surface area contributed by atoms with Gasteiger partial charge in [0.05, 0.1) is 5.69 Å². The molecule has 0 heterocycles. The largest absolute Gasteiger partial charge is 0.355 e. The van der Waals surface area contributed by atoms with Crippen LogP contribution in [-0.4, -0.2) is 19.2 Å². The highest BCUT2D eigenvalue weighted by molar-refractivity contribution is 5.94. The second-order valence-electron chi connectivity index (χ2n) is 2.97. The molecule has 0 aliphatic heterocycles. The molecule has 74 valence electrons. The highest BCUT2D eigenvalue weighted by Crippen LogP contribution is 2.19. The molecule has 3 heteroatoms. The molecule has 0 saturated carbocycles. The lowest BCUT2D eigenvalue weighted by atomic mass is 10.1. The Morgan fingerprint density at radius 3 is 2.71 bits per heavy atom. The summed E-state index contributed by atoms with van der Waals surface area (Å²) in [6, 6.07) is 5.45. The predicted molar refractivity (Wildman–Crippen MR) is 58.4 cm³/mol. The van der Waals surface area contributed by atoms with Crippen LogP contribution in [0.3, 0.4) is 0 Å². The number of benzene rings is 1. The molecule has 1 N–H and O–H groups in total. The SMILES string of the molecule is CC=Nc1ccc(C(=O)NC)cc1C. The number of hydrogen-bond donors (Lipinski definition) is 1. The fourth-order valence-corrected chi connectivity index (χ4v) is 1.22. The second-order valence-corrected chi connectivity index (χ2v) is 2.97. The van der Waals surface area contributed by atoms with E-state index in [9.17, 15) is 4.79 Å². The van der Waals surface area contributed by atoms with Gasteiger partial charge in [0, 0.05) is 18.8 Å². The molecule has 1 aromatic rings. The zero-order valence-corrected chi connectivity index (χ0v) is 8.66. The Morgan fingerprint density at radius 1 is 1.50 bits per heavy atom. The Hall–Kier alpha value is -1.64. The van der Waals surface area contributed by atoms with Crippen LogP contribution in [0.2, 0.25) is 0 Å². The first-order valence-electron chi connectivity index (χ1n) is 4.50. The van der Waals surface area contributed by atoms with Gasteiger partial charge in [0.15, 0.2) is 0 Å². The summed E-state index contributed by atoms with van der Waals surface area (Å²) in [5, 5.41) is 2.58. The molecule has 0 aliphatic carbocycles. The predicted octanol–water partition coefficient (Wildman–Crippen LogP) is 2.08. The highest BCUT2D eigenvalue weighted by atomic mass is 16.1. The van der Waals surface area contributed by atoms with Gasteiger partial charge in [-0.3, -0.25) is 9.79 Å². The molecule has 0 fully saturated rings. The first-order valence-corrected chi connectivity index (χ1v) is 4.50. The molecule has 0 aromatic heterocycles. The van der Waals surface area contributed by atoms with Gasteiger partial charge in [-0.1, -0.05) is 0 Å². The van der Waals surface area contributed by atoms with Crippen LogP contribution >= 0.6 is 0 Å². The summed E-state index contributed by atoms with van der Waals surface area (Å²) in [7, 11) is 1.62. The standard InChI is InChI=1S/C11H14N2O/c1-4-13-10-6-5-9(7-8(10)2)11(14)12-3/h4-7H,1-3H3,(H,12,14). The number of amides is 1. The molecule has 0 radical (unpaired) electrons. The lowest BCUT2D eigenvalue weighted by Gasteiger charge is -2.03. The van der Waals surface area contributed by atoms with E-state index in [1.54, 1.807) is 19.3 Å². The molecule has 0 atom stereocenters. The third-order valence-electron chi connectivity index (χ3n) is 1.95. The smallest absolute Gasteiger partial charge is 0.251 e. The zero-order chi connectivity index (χ0) is 10.6. The number of aryl methyl sites for hydroxylation is 1. The lowest BCUT2D eigenvalue weighted by Crippen LogP contribution is -2.17. The van der Waals surface area contributed by atoms with Crippen molar-refractivity contribution in [3.05, 3.63) is 29.3 Å².